The topological polar surface area (TPSA) is 45.2 Å². The lowest BCUT2D eigenvalue weighted by Gasteiger charge is -2.24. The van der Waals surface area contributed by atoms with Gasteiger partial charge in [-0.25, -0.2) is 4.98 Å². The molecule has 106 valence electrons. The van der Waals surface area contributed by atoms with Crippen molar-refractivity contribution in [1.29, 1.82) is 0 Å². The number of nitrogens with one attached hydrogen (secondary N) is 1. The maximum atomic E-state index is 11.6. The number of aryl methyl sites for hydroxylation is 2. The second-order valence-corrected chi connectivity index (χ2v) is 6.81. The Balaban J connectivity index is 1.89. The lowest BCUT2D eigenvalue weighted by atomic mass is 10.2. The van der Waals surface area contributed by atoms with Crippen molar-refractivity contribution >= 4 is 17.2 Å². The first-order valence-corrected chi connectivity index (χ1v) is 7.76. The van der Waals surface area contributed by atoms with Crippen LogP contribution in [0.2, 0.25) is 0 Å². The van der Waals surface area contributed by atoms with Crippen LogP contribution in [-0.4, -0.2) is 34.9 Å². The van der Waals surface area contributed by atoms with Crippen molar-refractivity contribution in [2.75, 3.05) is 13.1 Å². The highest BCUT2D eigenvalue weighted by molar-refractivity contribution is 7.11. The lowest BCUT2D eigenvalue weighted by Crippen LogP contribution is -2.40. The quantitative estimate of drug-likeness (QED) is 0.901. The number of hydrogen-bond acceptors (Lipinski definition) is 4. The first-order valence-electron chi connectivity index (χ1n) is 6.95. The van der Waals surface area contributed by atoms with E-state index in [0.717, 1.165) is 30.2 Å². The van der Waals surface area contributed by atoms with Crippen LogP contribution in [0.4, 0.5) is 0 Å². The Morgan fingerprint density at radius 3 is 2.68 bits per heavy atom. The SMILES string of the molecule is Cc1nc(C(C)NC(C)CN2CCCC2=O)c(C)s1. The number of nitrogens with zero attached hydrogens (tertiary/aromatic N) is 2. The van der Waals surface area contributed by atoms with Gasteiger partial charge in [-0.15, -0.1) is 11.3 Å². The summed E-state index contributed by atoms with van der Waals surface area (Å²) in [5.41, 5.74) is 1.14. The van der Waals surface area contributed by atoms with Crippen molar-refractivity contribution in [3.8, 4) is 0 Å². The third kappa shape index (κ3) is 3.54. The van der Waals surface area contributed by atoms with Crippen LogP contribution in [0.3, 0.4) is 0 Å². The second-order valence-electron chi connectivity index (χ2n) is 5.41. The van der Waals surface area contributed by atoms with E-state index in [-0.39, 0.29) is 6.04 Å². The molecule has 2 atom stereocenters. The molecule has 2 heterocycles. The zero-order chi connectivity index (χ0) is 14.0. The van der Waals surface area contributed by atoms with Gasteiger partial charge in [-0.3, -0.25) is 4.79 Å². The van der Waals surface area contributed by atoms with Crippen molar-refractivity contribution in [1.82, 2.24) is 15.2 Å². The molecule has 0 bridgehead atoms. The van der Waals surface area contributed by atoms with Crippen LogP contribution in [0.1, 0.15) is 48.3 Å². The third-order valence-electron chi connectivity index (χ3n) is 3.55. The van der Waals surface area contributed by atoms with Crippen molar-refractivity contribution in [2.24, 2.45) is 0 Å². The van der Waals surface area contributed by atoms with Gasteiger partial charge >= 0.3 is 0 Å². The van der Waals surface area contributed by atoms with E-state index >= 15 is 0 Å². The number of carbonyl (C=O) groups is 1. The van der Waals surface area contributed by atoms with Crippen LogP contribution in [0.25, 0.3) is 0 Å². The van der Waals surface area contributed by atoms with E-state index in [9.17, 15) is 4.79 Å². The molecule has 1 aromatic rings. The van der Waals surface area contributed by atoms with E-state index in [4.69, 9.17) is 0 Å². The summed E-state index contributed by atoms with van der Waals surface area (Å²) >= 11 is 1.74. The van der Waals surface area contributed by atoms with Gasteiger partial charge in [0.25, 0.3) is 0 Å². The Kier molecular flexibility index (Phi) is 4.58. The molecule has 1 N–H and O–H groups in total. The summed E-state index contributed by atoms with van der Waals surface area (Å²) in [6, 6.07) is 0.524. The normalized spacial score (nSPS) is 18.9. The lowest BCUT2D eigenvalue weighted by molar-refractivity contribution is -0.127. The summed E-state index contributed by atoms with van der Waals surface area (Å²) in [5.74, 6) is 0.294. The molecular weight excluding hydrogens is 258 g/mol. The van der Waals surface area contributed by atoms with Gasteiger partial charge in [0.05, 0.1) is 10.7 Å². The Morgan fingerprint density at radius 2 is 2.16 bits per heavy atom. The van der Waals surface area contributed by atoms with Gasteiger partial charge < -0.3 is 10.2 Å². The summed E-state index contributed by atoms with van der Waals surface area (Å²) in [4.78, 5) is 19.4. The number of likely N-dealkylation sites (tertiary alicyclic amines) is 1. The molecule has 1 amide bonds. The van der Waals surface area contributed by atoms with E-state index in [1.807, 2.05) is 11.8 Å². The molecule has 0 spiro atoms. The first-order chi connectivity index (χ1) is 8.97. The third-order valence-corrected chi connectivity index (χ3v) is 4.45. The van der Waals surface area contributed by atoms with Crippen molar-refractivity contribution < 1.29 is 4.79 Å². The fourth-order valence-electron chi connectivity index (χ4n) is 2.73. The smallest absolute Gasteiger partial charge is 0.222 e. The number of thiazole rings is 1. The minimum atomic E-state index is 0.234. The summed E-state index contributed by atoms with van der Waals surface area (Å²) in [7, 11) is 0. The number of hydrogen-bond donors (Lipinski definition) is 1. The van der Waals surface area contributed by atoms with E-state index in [1.165, 1.54) is 4.88 Å². The highest BCUT2D eigenvalue weighted by Crippen LogP contribution is 2.23. The molecule has 1 aliphatic rings. The van der Waals surface area contributed by atoms with Gasteiger partial charge in [-0.2, -0.15) is 0 Å². The Bertz CT molecular complexity index is 458. The fraction of sp³-hybridized carbons (Fsp3) is 0.714. The van der Waals surface area contributed by atoms with Gasteiger partial charge in [0.1, 0.15) is 0 Å². The minimum absolute atomic E-state index is 0.234. The molecule has 1 fully saturated rings. The maximum absolute atomic E-state index is 11.6. The van der Waals surface area contributed by atoms with Gasteiger partial charge in [0.2, 0.25) is 5.91 Å². The molecule has 1 aliphatic heterocycles. The molecular formula is C14H23N3OS. The van der Waals surface area contributed by atoms with Crippen LogP contribution < -0.4 is 5.32 Å². The maximum Gasteiger partial charge on any atom is 0.222 e. The highest BCUT2D eigenvalue weighted by Gasteiger charge is 2.23. The predicted molar refractivity (Wildman–Crippen MR) is 78.4 cm³/mol. The average Bonchev–Trinajstić information content (AvgIpc) is 2.85. The number of carbonyl (C=O) groups excluding carboxylic acids is 1. The molecule has 0 radical (unpaired) electrons. The van der Waals surface area contributed by atoms with Gasteiger partial charge in [0, 0.05) is 36.5 Å². The van der Waals surface area contributed by atoms with Crippen LogP contribution in [0.5, 0.6) is 0 Å². The summed E-state index contributed by atoms with van der Waals surface area (Å²) in [6.07, 6.45) is 1.72. The minimum Gasteiger partial charge on any atom is -0.341 e. The van der Waals surface area contributed by atoms with Crippen molar-refractivity contribution in [3.05, 3.63) is 15.6 Å². The molecule has 0 saturated carbocycles. The summed E-state index contributed by atoms with van der Waals surface area (Å²) in [5, 5.41) is 4.66. The van der Waals surface area contributed by atoms with Gasteiger partial charge in [0.15, 0.2) is 0 Å². The molecule has 4 nitrogen and oxygen atoms in total. The van der Waals surface area contributed by atoms with Crippen molar-refractivity contribution in [2.45, 2.75) is 52.6 Å². The largest absolute Gasteiger partial charge is 0.341 e. The van der Waals surface area contributed by atoms with Crippen molar-refractivity contribution in [3.63, 3.8) is 0 Å². The van der Waals surface area contributed by atoms with Gasteiger partial charge in [-0.05, 0) is 34.1 Å². The number of aromatic nitrogens is 1. The molecule has 1 aromatic heterocycles. The fourth-order valence-corrected chi connectivity index (χ4v) is 3.65. The molecule has 0 aromatic carbocycles. The molecule has 19 heavy (non-hydrogen) atoms. The van der Waals surface area contributed by atoms with E-state index in [0.29, 0.717) is 18.4 Å². The molecule has 2 rings (SSSR count). The second kappa shape index (κ2) is 6.01. The molecule has 1 saturated heterocycles. The highest BCUT2D eigenvalue weighted by atomic mass is 32.1. The monoisotopic (exact) mass is 281 g/mol. The van der Waals surface area contributed by atoms with Crippen LogP contribution in [0.15, 0.2) is 0 Å². The molecule has 5 heteroatoms. The van der Waals surface area contributed by atoms with Crippen LogP contribution >= 0.6 is 11.3 Å². The average molecular weight is 281 g/mol. The predicted octanol–water partition coefficient (Wildman–Crippen LogP) is 2.42. The zero-order valence-corrected chi connectivity index (χ0v) is 13.0. The Labute approximate surface area is 119 Å². The van der Waals surface area contributed by atoms with Crippen LogP contribution in [0, 0.1) is 13.8 Å². The first kappa shape index (κ1) is 14.5. The van der Waals surface area contributed by atoms with Crippen LogP contribution in [-0.2, 0) is 4.79 Å². The standard InChI is InChI=1S/C14H23N3OS/c1-9(8-17-7-5-6-13(17)18)15-10(2)14-11(3)19-12(4)16-14/h9-10,15H,5-8H2,1-4H3. The summed E-state index contributed by atoms with van der Waals surface area (Å²) in [6.45, 7) is 10.1. The zero-order valence-electron chi connectivity index (χ0n) is 12.2. The Morgan fingerprint density at radius 1 is 1.42 bits per heavy atom. The van der Waals surface area contributed by atoms with E-state index < -0.39 is 0 Å². The van der Waals surface area contributed by atoms with E-state index in [2.05, 4.69) is 31.1 Å². The van der Waals surface area contributed by atoms with E-state index in [1.54, 1.807) is 11.3 Å². The van der Waals surface area contributed by atoms with Gasteiger partial charge in [-0.1, -0.05) is 0 Å². The number of amides is 1. The number of rotatable bonds is 5. The summed E-state index contributed by atoms with van der Waals surface area (Å²) < 4.78 is 0. The molecule has 0 aliphatic carbocycles. The Hall–Kier alpha value is -0.940. The molecule has 2 unspecified atom stereocenters.